The number of hydrogen-bond donors (Lipinski definition) is 2. The molecule has 4 nitrogen and oxygen atoms in total. The van der Waals surface area contributed by atoms with E-state index >= 15 is 0 Å². The first-order chi connectivity index (χ1) is 8.12. The Hall–Kier alpha value is -0.940. The van der Waals surface area contributed by atoms with E-state index in [1.54, 1.807) is 17.5 Å². The van der Waals surface area contributed by atoms with E-state index in [4.69, 9.17) is 5.73 Å². The molecule has 3 N–H and O–H groups in total. The minimum atomic E-state index is -0.622. The second-order valence-electron chi connectivity index (χ2n) is 4.84. The summed E-state index contributed by atoms with van der Waals surface area (Å²) in [7, 11) is 0. The van der Waals surface area contributed by atoms with Crippen LogP contribution in [0, 0.1) is 0 Å². The van der Waals surface area contributed by atoms with Gasteiger partial charge in [-0.15, -0.1) is 11.3 Å². The van der Waals surface area contributed by atoms with Crippen LogP contribution >= 0.6 is 11.3 Å². The van der Waals surface area contributed by atoms with Gasteiger partial charge in [0.25, 0.3) is 0 Å². The highest BCUT2D eigenvalue weighted by Gasteiger charge is 2.36. The molecule has 1 saturated carbocycles. The van der Waals surface area contributed by atoms with Crippen molar-refractivity contribution in [1.29, 1.82) is 0 Å². The zero-order valence-corrected chi connectivity index (χ0v) is 10.9. The van der Waals surface area contributed by atoms with Crippen molar-refractivity contribution in [2.75, 3.05) is 6.54 Å². The molecule has 1 aromatic heterocycles. The molecule has 1 aliphatic carbocycles. The molecule has 1 heterocycles. The highest BCUT2D eigenvalue weighted by molar-refractivity contribution is 7.09. The van der Waals surface area contributed by atoms with Crippen LogP contribution < -0.4 is 11.1 Å². The van der Waals surface area contributed by atoms with E-state index in [2.05, 4.69) is 17.2 Å². The van der Waals surface area contributed by atoms with Gasteiger partial charge in [-0.1, -0.05) is 19.8 Å². The summed E-state index contributed by atoms with van der Waals surface area (Å²) < 4.78 is 0. The lowest BCUT2D eigenvalue weighted by Gasteiger charge is -2.23. The second-order valence-corrected chi connectivity index (χ2v) is 5.77. The molecule has 0 spiro atoms. The van der Waals surface area contributed by atoms with Crippen molar-refractivity contribution in [3.63, 3.8) is 0 Å². The molecule has 1 fully saturated rings. The Morgan fingerprint density at radius 3 is 2.94 bits per heavy atom. The van der Waals surface area contributed by atoms with Crippen molar-refractivity contribution >= 4 is 17.2 Å². The number of rotatable bonds is 4. The number of carbonyl (C=O) groups is 1. The van der Waals surface area contributed by atoms with Gasteiger partial charge in [-0.2, -0.15) is 0 Å². The normalized spacial score (nSPS) is 20.1. The average molecular weight is 253 g/mol. The monoisotopic (exact) mass is 253 g/mol. The van der Waals surface area contributed by atoms with E-state index in [9.17, 15) is 4.79 Å². The van der Waals surface area contributed by atoms with Gasteiger partial charge in [0.05, 0.1) is 10.5 Å². The number of nitrogens with two attached hydrogens (primary N) is 1. The summed E-state index contributed by atoms with van der Waals surface area (Å²) in [5, 5.41) is 5.97. The van der Waals surface area contributed by atoms with Gasteiger partial charge in [-0.05, 0) is 12.8 Å². The van der Waals surface area contributed by atoms with Gasteiger partial charge in [0.15, 0.2) is 0 Å². The fourth-order valence-electron chi connectivity index (χ4n) is 2.22. The van der Waals surface area contributed by atoms with E-state index in [1.807, 2.05) is 5.38 Å². The molecule has 1 unspecified atom stereocenters. The van der Waals surface area contributed by atoms with Crippen molar-refractivity contribution in [2.45, 2.75) is 44.1 Å². The van der Waals surface area contributed by atoms with Crippen molar-refractivity contribution in [1.82, 2.24) is 10.3 Å². The number of hydrogen-bond acceptors (Lipinski definition) is 4. The molecule has 1 atom stereocenters. The van der Waals surface area contributed by atoms with Gasteiger partial charge < -0.3 is 11.1 Å². The third-order valence-corrected chi connectivity index (χ3v) is 4.40. The van der Waals surface area contributed by atoms with Crippen LogP contribution in [0.25, 0.3) is 0 Å². The average Bonchev–Trinajstić information content (AvgIpc) is 2.96. The van der Waals surface area contributed by atoms with E-state index < -0.39 is 5.54 Å². The number of aromatic nitrogens is 1. The van der Waals surface area contributed by atoms with Gasteiger partial charge >= 0.3 is 0 Å². The Bertz CT molecular complexity index is 371. The van der Waals surface area contributed by atoms with E-state index in [1.165, 1.54) is 0 Å². The lowest BCUT2D eigenvalue weighted by molar-refractivity contribution is -0.126. The summed E-state index contributed by atoms with van der Waals surface area (Å²) in [6.07, 6.45) is 5.53. The number of amides is 1. The SMILES string of the molecule is CC(CNC(=O)C1(N)CCCC1)c1nccs1. The summed E-state index contributed by atoms with van der Waals surface area (Å²) >= 11 is 1.62. The van der Waals surface area contributed by atoms with Gasteiger partial charge in [-0.25, -0.2) is 4.98 Å². The molecule has 1 amide bonds. The van der Waals surface area contributed by atoms with Crippen LogP contribution in [0.5, 0.6) is 0 Å². The van der Waals surface area contributed by atoms with Crippen molar-refractivity contribution in [3.8, 4) is 0 Å². The maximum Gasteiger partial charge on any atom is 0.240 e. The summed E-state index contributed by atoms with van der Waals surface area (Å²) in [6, 6.07) is 0. The molecule has 0 aromatic carbocycles. The molecule has 2 rings (SSSR count). The Balaban J connectivity index is 1.84. The molecular formula is C12H19N3OS. The molecule has 0 saturated heterocycles. The first-order valence-corrected chi connectivity index (χ1v) is 6.96. The van der Waals surface area contributed by atoms with Crippen molar-refractivity contribution in [3.05, 3.63) is 16.6 Å². The van der Waals surface area contributed by atoms with Crippen LogP contribution in [0.1, 0.15) is 43.5 Å². The Kier molecular flexibility index (Phi) is 3.79. The molecule has 0 radical (unpaired) electrons. The molecule has 5 heteroatoms. The summed E-state index contributed by atoms with van der Waals surface area (Å²) in [4.78, 5) is 16.2. The van der Waals surface area contributed by atoms with Crippen molar-refractivity contribution < 1.29 is 4.79 Å². The van der Waals surface area contributed by atoms with Gasteiger partial charge in [-0.3, -0.25) is 4.79 Å². The minimum absolute atomic E-state index is 0.00148. The van der Waals surface area contributed by atoms with E-state index in [0.29, 0.717) is 6.54 Å². The van der Waals surface area contributed by atoms with Crippen LogP contribution in [0.15, 0.2) is 11.6 Å². The van der Waals surface area contributed by atoms with Crippen LogP contribution in [0.2, 0.25) is 0 Å². The fraction of sp³-hybridized carbons (Fsp3) is 0.667. The standard InChI is InChI=1S/C12H19N3OS/c1-9(10-14-6-7-17-10)8-15-11(16)12(13)4-2-3-5-12/h6-7,9H,2-5,8,13H2,1H3,(H,15,16). The maximum absolute atomic E-state index is 12.0. The molecule has 1 aliphatic rings. The lowest BCUT2D eigenvalue weighted by atomic mass is 9.98. The predicted molar refractivity (Wildman–Crippen MR) is 68.9 cm³/mol. The lowest BCUT2D eigenvalue weighted by Crippen LogP contribution is -2.52. The van der Waals surface area contributed by atoms with Crippen LogP contribution in [-0.2, 0) is 4.79 Å². The highest BCUT2D eigenvalue weighted by atomic mass is 32.1. The van der Waals surface area contributed by atoms with Crippen LogP contribution in [-0.4, -0.2) is 23.0 Å². The van der Waals surface area contributed by atoms with E-state index in [0.717, 1.165) is 30.7 Å². The summed E-state index contributed by atoms with van der Waals surface area (Å²) in [5.41, 5.74) is 5.46. The second kappa shape index (κ2) is 5.14. The minimum Gasteiger partial charge on any atom is -0.354 e. The quantitative estimate of drug-likeness (QED) is 0.857. The maximum atomic E-state index is 12.0. The molecule has 17 heavy (non-hydrogen) atoms. The predicted octanol–water partition coefficient (Wildman–Crippen LogP) is 1.63. The first-order valence-electron chi connectivity index (χ1n) is 6.08. The van der Waals surface area contributed by atoms with Crippen LogP contribution in [0.4, 0.5) is 0 Å². The molecule has 0 bridgehead atoms. The fourth-order valence-corrected chi connectivity index (χ4v) is 2.92. The highest BCUT2D eigenvalue weighted by Crippen LogP contribution is 2.27. The molecule has 0 aliphatic heterocycles. The van der Waals surface area contributed by atoms with Gasteiger partial charge in [0, 0.05) is 24.0 Å². The number of thiazole rings is 1. The number of nitrogens with zero attached hydrogens (tertiary/aromatic N) is 1. The Morgan fingerprint density at radius 2 is 2.35 bits per heavy atom. The largest absolute Gasteiger partial charge is 0.354 e. The molecular weight excluding hydrogens is 234 g/mol. The third kappa shape index (κ3) is 2.84. The topological polar surface area (TPSA) is 68.0 Å². The zero-order valence-electron chi connectivity index (χ0n) is 10.1. The van der Waals surface area contributed by atoms with E-state index in [-0.39, 0.29) is 11.8 Å². The smallest absolute Gasteiger partial charge is 0.240 e. The van der Waals surface area contributed by atoms with Gasteiger partial charge in [0.1, 0.15) is 0 Å². The number of nitrogens with one attached hydrogen (secondary N) is 1. The zero-order chi connectivity index (χ0) is 12.3. The Labute approximate surface area is 106 Å². The molecule has 94 valence electrons. The number of carbonyl (C=O) groups excluding carboxylic acids is 1. The first kappa shape index (κ1) is 12.5. The van der Waals surface area contributed by atoms with Gasteiger partial charge in [0.2, 0.25) is 5.91 Å². The summed E-state index contributed by atoms with van der Waals surface area (Å²) in [6.45, 7) is 2.68. The summed E-state index contributed by atoms with van der Waals surface area (Å²) in [5.74, 6) is 0.252. The molecule has 1 aromatic rings. The van der Waals surface area contributed by atoms with Crippen molar-refractivity contribution in [2.24, 2.45) is 5.73 Å². The van der Waals surface area contributed by atoms with Crippen LogP contribution in [0.3, 0.4) is 0 Å². The third-order valence-electron chi connectivity index (χ3n) is 3.39. The Morgan fingerprint density at radius 1 is 1.65 bits per heavy atom.